The van der Waals surface area contributed by atoms with E-state index in [1.54, 1.807) is 6.07 Å². The fraction of sp³-hybridized carbons (Fsp3) is 0.417. The van der Waals surface area contributed by atoms with Crippen molar-refractivity contribution in [3.05, 3.63) is 23.2 Å². The van der Waals surface area contributed by atoms with Gasteiger partial charge >= 0.3 is 0 Å². The van der Waals surface area contributed by atoms with Gasteiger partial charge in [-0.05, 0) is 24.1 Å². The predicted octanol–water partition coefficient (Wildman–Crippen LogP) is 3.12. The van der Waals surface area contributed by atoms with Crippen LogP contribution < -0.4 is 10.6 Å². The molecule has 0 bridgehead atoms. The van der Waals surface area contributed by atoms with Gasteiger partial charge in [-0.15, -0.1) is 0 Å². The van der Waals surface area contributed by atoms with Crippen molar-refractivity contribution in [2.45, 2.75) is 26.3 Å². The highest BCUT2D eigenvalue weighted by atomic mass is 35.5. The zero-order valence-corrected chi connectivity index (χ0v) is 10.1. The molecule has 1 unspecified atom stereocenters. The molecule has 1 aromatic carbocycles. The average Bonchev–Trinajstić information content (AvgIpc) is 2.35. The van der Waals surface area contributed by atoms with Crippen LogP contribution >= 0.6 is 11.6 Å². The largest absolute Gasteiger partial charge is 0.380 e. The predicted molar refractivity (Wildman–Crippen MR) is 66.9 cm³/mol. The smallest absolute Gasteiger partial charge is 0.226 e. The highest BCUT2D eigenvalue weighted by Crippen LogP contribution is 2.30. The lowest BCUT2D eigenvalue weighted by atomic mass is 10.0. The van der Waals surface area contributed by atoms with Gasteiger partial charge in [0.25, 0.3) is 0 Å². The standard InChI is InChI=1S/C12H15ClN2O/c1-7(2)10-6-12(16)15-11-5-8(13)3-4-9(11)14-10/h3-5,7,10,14H,6H2,1-2H3,(H,15,16). The fourth-order valence-corrected chi connectivity index (χ4v) is 1.97. The van der Waals surface area contributed by atoms with Gasteiger partial charge in [0.1, 0.15) is 0 Å². The Balaban J connectivity index is 2.35. The minimum absolute atomic E-state index is 0.0345. The second kappa shape index (κ2) is 4.34. The van der Waals surface area contributed by atoms with Gasteiger partial charge < -0.3 is 10.6 Å². The van der Waals surface area contributed by atoms with Crippen molar-refractivity contribution in [1.29, 1.82) is 0 Å². The molecular formula is C12H15ClN2O. The van der Waals surface area contributed by atoms with Gasteiger partial charge in [0.2, 0.25) is 5.91 Å². The van der Waals surface area contributed by atoms with Crippen LogP contribution in [0.4, 0.5) is 11.4 Å². The molecule has 86 valence electrons. The van der Waals surface area contributed by atoms with E-state index in [9.17, 15) is 4.79 Å². The second-order valence-electron chi connectivity index (χ2n) is 4.44. The monoisotopic (exact) mass is 238 g/mol. The number of hydrogen-bond donors (Lipinski definition) is 2. The molecule has 1 aromatic rings. The molecule has 0 aliphatic carbocycles. The van der Waals surface area contributed by atoms with Gasteiger partial charge in [0.05, 0.1) is 11.4 Å². The van der Waals surface area contributed by atoms with Crippen molar-refractivity contribution in [2.75, 3.05) is 10.6 Å². The molecule has 1 heterocycles. The van der Waals surface area contributed by atoms with Gasteiger partial charge in [0, 0.05) is 17.5 Å². The quantitative estimate of drug-likeness (QED) is 0.789. The molecule has 1 amide bonds. The van der Waals surface area contributed by atoms with E-state index in [2.05, 4.69) is 24.5 Å². The number of nitrogens with one attached hydrogen (secondary N) is 2. The Labute approximate surface area is 100 Å². The first kappa shape index (κ1) is 11.3. The SMILES string of the molecule is CC(C)C1CC(=O)Nc2cc(Cl)ccc2N1. The summed E-state index contributed by atoms with van der Waals surface area (Å²) < 4.78 is 0. The second-order valence-corrected chi connectivity index (χ2v) is 4.87. The van der Waals surface area contributed by atoms with Crippen LogP contribution in [0, 0.1) is 5.92 Å². The summed E-state index contributed by atoms with van der Waals surface area (Å²) >= 11 is 5.90. The van der Waals surface area contributed by atoms with E-state index in [0.717, 1.165) is 11.4 Å². The number of benzene rings is 1. The molecule has 0 spiro atoms. The Bertz CT molecular complexity index is 417. The van der Waals surface area contributed by atoms with Gasteiger partial charge in [-0.2, -0.15) is 0 Å². The average molecular weight is 239 g/mol. The Morgan fingerprint density at radius 1 is 1.38 bits per heavy atom. The van der Waals surface area contributed by atoms with Crippen LogP contribution in [0.1, 0.15) is 20.3 Å². The highest BCUT2D eigenvalue weighted by molar-refractivity contribution is 6.31. The van der Waals surface area contributed by atoms with E-state index < -0.39 is 0 Å². The van der Waals surface area contributed by atoms with Crippen LogP contribution in [0.5, 0.6) is 0 Å². The van der Waals surface area contributed by atoms with Crippen molar-refractivity contribution in [3.63, 3.8) is 0 Å². The van der Waals surface area contributed by atoms with Gasteiger partial charge in [-0.3, -0.25) is 4.79 Å². The molecule has 0 saturated heterocycles. The number of carbonyl (C=O) groups excluding carboxylic acids is 1. The van der Waals surface area contributed by atoms with Crippen LogP contribution in [0.15, 0.2) is 18.2 Å². The third kappa shape index (κ3) is 2.30. The van der Waals surface area contributed by atoms with Crippen molar-refractivity contribution in [3.8, 4) is 0 Å². The van der Waals surface area contributed by atoms with Gasteiger partial charge in [-0.25, -0.2) is 0 Å². The molecule has 1 atom stereocenters. The summed E-state index contributed by atoms with van der Waals surface area (Å²) in [5, 5.41) is 6.87. The molecule has 2 rings (SSSR count). The Morgan fingerprint density at radius 2 is 2.12 bits per heavy atom. The first-order valence-corrected chi connectivity index (χ1v) is 5.80. The number of anilines is 2. The summed E-state index contributed by atoms with van der Waals surface area (Å²) in [4.78, 5) is 11.7. The molecule has 1 aliphatic heterocycles. The summed E-state index contributed by atoms with van der Waals surface area (Å²) in [6.07, 6.45) is 0.490. The minimum Gasteiger partial charge on any atom is -0.380 e. The van der Waals surface area contributed by atoms with E-state index in [4.69, 9.17) is 11.6 Å². The first-order chi connectivity index (χ1) is 7.56. The maximum atomic E-state index is 11.7. The lowest BCUT2D eigenvalue weighted by Gasteiger charge is -2.20. The molecule has 2 N–H and O–H groups in total. The molecule has 0 aromatic heterocycles. The lowest BCUT2D eigenvalue weighted by Crippen LogP contribution is -2.27. The topological polar surface area (TPSA) is 41.1 Å². The third-order valence-electron chi connectivity index (χ3n) is 2.81. The Kier molecular flexibility index (Phi) is 3.06. The van der Waals surface area contributed by atoms with E-state index in [1.807, 2.05) is 12.1 Å². The summed E-state index contributed by atoms with van der Waals surface area (Å²) in [7, 11) is 0. The zero-order valence-electron chi connectivity index (χ0n) is 9.38. The minimum atomic E-state index is 0.0345. The molecule has 0 fully saturated rings. The number of hydrogen-bond acceptors (Lipinski definition) is 2. The summed E-state index contributed by atoms with van der Waals surface area (Å²) in [6.45, 7) is 4.21. The molecule has 0 saturated carbocycles. The van der Waals surface area contributed by atoms with E-state index in [-0.39, 0.29) is 11.9 Å². The summed E-state index contributed by atoms with van der Waals surface area (Å²) in [6, 6.07) is 5.66. The van der Waals surface area contributed by atoms with Crippen LogP contribution in [-0.4, -0.2) is 11.9 Å². The third-order valence-corrected chi connectivity index (χ3v) is 3.04. The normalized spacial score (nSPS) is 19.8. The lowest BCUT2D eigenvalue weighted by molar-refractivity contribution is -0.116. The molecule has 4 heteroatoms. The molecule has 16 heavy (non-hydrogen) atoms. The van der Waals surface area contributed by atoms with Crippen molar-refractivity contribution in [1.82, 2.24) is 0 Å². The maximum absolute atomic E-state index is 11.7. The number of carbonyl (C=O) groups is 1. The Morgan fingerprint density at radius 3 is 2.81 bits per heavy atom. The maximum Gasteiger partial charge on any atom is 0.226 e. The van der Waals surface area contributed by atoms with Crippen molar-refractivity contribution >= 4 is 28.9 Å². The van der Waals surface area contributed by atoms with Crippen LogP contribution in [-0.2, 0) is 4.79 Å². The Hall–Kier alpha value is -1.22. The fourth-order valence-electron chi connectivity index (χ4n) is 1.80. The van der Waals surface area contributed by atoms with Gasteiger partial charge in [0.15, 0.2) is 0 Å². The summed E-state index contributed by atoms with van der Waals surface area (Å²) in [5.74, 6) is 0.444. The van der Waals surface area contributed by atoms with E-state index in [1.165, 1.54) is 0 Å². The van der Waals surface area contributed by atoms with Crippen molar-refractivity contribution in [2.24, 2.45) is 5.92 Å². The number of amides is 1. The molecular weight excluding hydrogens is 224 g/mol. The van der Waals surface area contributed by atoms with Crippen LogP contribution in [0.3, 0.4) is 0 Å². The number of halogens is 1. The summed E-state index contributed by atoms with van der Waals surface area (Å²) in [5.41, 5.74) is 1.70. The van der Waals surface area contributed by atoms with Crippen LogP contribution in [0.2, 0.25) is 5.02 Å². The number of fused-ring (bicyclic) bond motifs is 1. The van der Waals surface area contributed by atoms with Gasteiger partial charge in [-0.1, -0.05) is 25.4 Å². The van der Waals surface area contributed by atoms with E-state index >= 15 is 0 Å². The number of rotatable bonds is 1. The van der Waals surface area contributed by atoms with E-state index in [0.29, 0.717) is 17.4 Å². The molecule has 1 aliphatic rings. The van der Waals surface area contributed by atoms with Crippen LogP contribution in [0.25, 0.3) is 0 Å². The van der Waals surface area contributed by atoms with Crippen molar-refractivity contribution < 1.29 is 4.79 Å². The molecule has 0 radical (unpaired) electrons. The highest BCUT2D eigenvalue weighted by Gasteiger charge is 2.22. The molecule has 3 nitrogen and oxygen atoms in total. The zero-order chi connectivity index (χ0) is 11.7. The first-order valence-electron chi connectivity index (χ1n) is 5.42.